The summed E-state index contributed by atoms with van der Waals surface area (Å²) in [7, 11) is 0. The maximum atomic E-state index is 6.06. The van der Waals surface area contributed by atoms with Crippen LogP contribution in [0.3, 0.4) is 0 Å². The lowest BCUT2D eigenvalue weighted by Crippen LogP contribution is -2.28. The zero-order valence-electron chi connectivity index (χ0n) is 10.4. The zero-order valence-corrected chi connectivity index (χ0v) is 10.4. The Bertz CT molecular complexity index is 340. The van der Waals surface area contributed by atoms with Gasteiger partial charge in [0, 0.05) is 0 Å². The molecule has 17 heavy (non-hydrogen) atoms. The molecule has 0 aromatic carbocycles. The molecule has 94 valence electrons. The van der Waals surface area contributed by atoms with Crippen LogP contribution in [0.15, 0.2) is 12.7 Å². The van der Waals surface area contributed by atoms with E-state index in [9.17, 15) is 0 Å². The summed E-state index contributed by atoms with van der Waals surface area (Å²) in [4.78, 5) is 0. The van der Waals surface area contributed by atoms with Crippen molar-refractivity contribution in [2.75, 3.05) is 0 Å². The van der Waals surface area contributed by atoms with Gasteiger partial charge in [-0.05, 0) is 56.8 Å². The second-order valence-corrected chi connectivity index (χ2v) is 6.54. The molecule has 4 rings (SSSR count). The topological polar surface area (TPSA) is 25.1 Å². The molecule has 6 atom stereocenters. The van der Waals surface area contributed by atoms with Gasteiger partial charge in [-0.3, -0.25) is 0 Å². The SMILES string of the molecule is C=CC1CCC2(CC3CCC4OC4C3)OC2C1. The van der Waals surface area contributed by atoms with Crippen LogP contribution in [-0.4, -0.2) is 23.9 Å². The predicted octanol–water partition coefficient (Wildman–Crippen LogP) is 3.07. The normalized spacial score (nSPS) is 55.6. The van der Waals surface area contributed by atoms with Crippen molar-refractivity contribution in [3.63, 3.8) is 0 Å². The summed E-state index contributed by atoms with van der Waals surface area (Å²) in [6.07, 6.45) is 13.0. The van der Waals surface area contributed by atoms with E-state index in [1.54, 1.807) is 0 Å². The third-order valence-corrected chi connectivity index (χ3v) is 5.44. The van der Waals surface area contributed by atoms with Crippen LogP contribution < -0.4 is 0 Å². The van der Waals surface area contributed by atoms with Gasteiger partial charge < -0.3 is 9.47 Å². The second kappa shape index (κ2) is 3.58. The van der Waals surface area contributed by atoms with Crippen LogP contribution in [0, 0.1) is 11.8 Å². The van der Waals surface area contributed by atoms with E-state index < -0.39 is 0 Å². The third-order valence-electron chi connectivity index (χ3n) is 5.44. The molecule has 0 aromatic heterocycles. The van der Waals surface area contributed by atoms with Crippen molar-refractivity contribution in [2.24, 2.45) is 11.8 Å². The molecule has 0 spiro atoms. The van der Waals surface area contributed by atoms with E-state index in [1.807, 2.05) is 0 Å². The van der Waals surface area contributed by atoms with Crippen LogP contribution in [0.2, 0.25) is 0 Å². The number of hydrogen-bond donors (Lipinski definition) is 0. The Morgan fingerprint density at radius 3 is 2.88 bits per heavy atom. The van der Waals surface area contributed by atoms with Gasteiger partial charge >= 0.3 is 0 Å². The van der Waals surface area contributed by atoms with Crippen LogP contribution in [0.25, 0.3) is 0 Å². The van der Waals surface area contributed by atoms with E-state index in [1.165, 1.54) is 44.9 Å². The molecule has 0 aromatic rings. The standard InChI is InChI=1S/C15H22O2/c1-2-10-5-6-15(14(8-10)17-15)9-11-3-4-12-13(7-11)16-12/h2,10-14H,1,3-9H2. The first-order valence-electron chi connectivity index (χ1n) is 7.25. The molecule has 0 N–H and O–H groups in total. The van der Waals surface area contributed by atoms with E-state index >= 15 is 0 Å². The average Bonchev–Trinajstić information content (AvgIpc) is 3.21. The zero-order chi connectivity index (χ0) is 11.5. The maximum Gasteiger partial charge on any atom is 0.0951 e. The van der Waals surface area contributed by atoms with Crippen molar-refractivity contribution in [1.29, 1.82) is 0 Å². The molecule has 0 amide bonds. The largest absolute Gasteiger partial charge is 0.370 e. The predicted molar refractivity (Wildman–Crippen MR) is 65.8 cm³/mol. The third kappa shape index (κ3) is 1.77. The van der Waals surface area contributed by atoms with E-state index in [2.05, 4.69) is 12.7 Å². The molecule has 2 aliphatic carbocycles. The van der Waals surface area contributed by atoms with Crippen LogP contribution >= 0.6 is 0 Å². The Kier molecular flexibility index (Phi) is 2.23. The quantitative estimate of drug-likeness (QED) is 0.554. The summed E-state index contributed by atoms with van der Waals surface area (Å²) < 4.78 is 11.7. The van der Waals surface area contributed by atoms with Gasteiger partial charge in [0.1, 0.15) is 0 Å². The Morgan fingerprint density at radius 2 is 2.12 bits per heavy atom. The summed E-state index contributed by atoms with van der Waals surface area (Å²) in [5, 5.41) is 0. The fraction of sp³-hybridized carbons (Fsp3) is 0.867. The second-order valence-electron chi connectivity index (χ2n) is 6.54. The van der Waals surface area contributed by atoms with Crippen molar-refractivity contribution < 1.29 is 9.47 Å². The Labute approximate surface area is 103 Å². The highest BCUT2D eigenvalue weighted by atomic mass is 16.6. The molecule has 0 bridgehead atoms. The minimum absolute atomic E-state index is 0.284. The molecule has 2 heterocycles. The van der Waals surface area contributed by atoms with Gasteiger partial charge in [0.05, 0.1) is 23.9 Å². The van der Waals surface area contributed by atoms with Crippen LogP contribution in [0.5, 0.6) is 0 Å². The summed E-state index contributed by atoms with van der Waals surface area (Å²) >= 11 is 0. The minimum Gasteiger partial charge on any atom is -0.370 e. The van der Waals surface area contributed by atoms with Gasteiger partial charge in [-0.25, -0.2) is 0 Å². The highest BCUT2D eigenvalue weighted by molar-refractivity contribution is 5.10. The maximum absolute atomic E-state index is 6.06. The smallest absolute Gasteiger partial charge is 0.0951 e. The van der Waals surface area contributed by atoms with Crippen molar-refractivity contribution in [1.82, 2.24) is 0 Å². The first-order chi connectivity index (χ1) is 8.29. The molecule has 2 heteroatoms. The molecule has 2 saturated carbocycles. The average molecular weight is 234 g/mol. The van der Waals surface area contributed by atoms with Crippen molar-refractivity contribution in [2.45, 2.75) is 68.9 Å². The van der Waals surface area contributed by atoms with E-state index in [4.69, 9.17) is 9.47 Å². The number of hydrogen-bond acceptors (Lipinski definition) is 2. The Morgan fingerprint density at radius 1 is 1.18 bits per heavy atom. The van der Waals surface area contributed by atoms with Gasteiger partial charge in [0.25, 0.3) is 0 Å². The van der Waals surface area contributed by atoms with Crippen LogP contribution in [0.4, 0.5) is 0 Å². The number of rotatable bonds is 3. The van der Waals surface area contributed by atoms with Gasteiger partial charge in [0.2, 0.25) is 0 Å². The van der Waals surface area contributed by atoms with Crippen molar-refractivity contribution in [3.05, 3.63) is 12.7 Å². The summed E-state index contributed by atoms with van der Waals surface area (Å²) in [5.74, 6) is 1.57. The fourth-order valence-corrected chi connectivity index (χ4v) is 4.21. The lowest BCUT2D eigenvalue weighted by atomic mass is 9.75. The molecule has 0 radical (unpaired) electrons. The molecular formula is C15H22O2. The Balaban J connectivity index is 1.36. The number of ether oxygens (including phenoxy) is 2. The van der Waals surface area contributed by atoms with E-state index in [0.29, 0.717) is 24.2 Å². The van der Waals surface area contributed by atoms with Gasteiger partial charge in [-0.1, -0.05) is 6.08 Å². The van der Waals surface area contributed by atoms with E-state index in [0.717, 1.165) is 5.92 Å². The molecule has 2 saturated heterocycles. The first kappa shape index (κ1) is 10.6. The van der Waals surface area contributed by atoms with Gasteiger partial charge in [-0.2, -0.15) is 0 Å². The summed E-state index contributed by atoms with van der Waals surface area (Å²) in [6.45, 7) is 3.92. The summed E-state index contributed by atoms with van der Waals surface area (Å²) in [6, 6.07) is 0. The molecular weight excluding hydrogens is 212 g/mol. The fourth-order valence-electron chi connectivity index (χ4n) is 4.21. The lowest BCUT2D eigenvalue weighted by molar-refractivity contribution is 0.214. The van der Waals surface area contributed by atoms with Crippen LogP contribution in [-0.2, 0) is 9.47 Å². The van der Waals surface area contributed by atoms with Crippen molar-refractivity contribution >= 4 is 0 Å². The van der Waals surface area contributed by atoms with Gasteiger partial charge in [-0.15, -0.1) is 6.58 Å². The molecule has 4 aliphatic rings. The molecule has 4 fully saturated rings. The van der Waals surface area contributed by atoms with Gasteiger partial charge in [0.15, 0.2) is 0 Å². The summed E-state index contributed by atoms with van der Waals surface area (Å²) in [5.41, 5.74) is 0.284. The first-order valence-corrected chi connectivity index (χ1v) is 7.25. The molecule has 6 unspecified atom stereocenters. The number of allylic oxidation sites excluding steroid dienone is 1. The number of fused-ring (bicyclic) bond motifs is 2. The lowest BCUT2D eigenvalue weighted by Gasteiger charge is -2.27. The number of epoxide rings is 2. The van der Waals surface area contributed by atoms with E-state index in [-0.39, 0.29) is 5.60 Å². The highest BCUT2D eigenvalue weighted by Gasteiger charge is 2.59. The molecule has 2 aliphatic heterocycles. The van der Waals surface area contributed by atoms with Crippen LogP contribution in [0.1, 0.15) is 44.9 Å². The molecule has 2 nitrogen and oxygen atoms in total. The Hall–Kier alpha value is -0.340. The minimum atomic E-state index is 0.284. The monoisotopic (exact) mass is 234 g/mol. The highest BCUT2D eigenvalue weighted by Crippen LogP contribution is 2.55. The van der Waals surface area contributed by atoms with Crippen molar-refractivity contribution in [3.8, 4) is 0 Å².